The third kappa shape index (κ3) is 58.8. The fourth-order valence-corrected chi connectivity index (χ4v) is 9.79. The number of hydrogen-bond acceptors (Lipinski definition) is 6. The van der Waals surface area contributed by atoms with E-state index in [1.54, 1.807) is 0 Å². The van der Waals surface area contributed by atoms with Crippen LogP contribution in [-0.4, -0.2) is 37.2 Å². The van der Waals surface area contributed by atoms with Crippen molar-refractivity contribution in [3.8, 4) is 0 Å². The van der Waals surface area contributed by atoms with Crippen LogP contribution in [0.5, 0.6) is 0 Å². The first kappa shape index (κ1) is 69.9. The second kappa shape index (κ2) is 61.4. The van der Waals surface area contributed by atoms with Gasteiger partial charge in [-0.3, -0.25) is 14.4 Å². The molecule has 1 atom stereocenters. The maximum absolute atomic E-state index is 12.9. The summed E-state index contributed by atoms with van der Waals surface area (Å²) in [7, 11) is 0. The van der Waals surface area contributed by atoms with Crippen molar-refractivity contribution < 1.29 is 28.6 Å². The van der Waals surface area contributed by atoms with Crippen LogP contribution in [0.3, 0.4) is 0 Å². The van der Waals surface area contributed by atoms with E-state index in [2.05, 4.69) is 45.1 Å². The van der Waals surface area contributed by atoms with E-state index in [0.29, 0.717) is 19.3 Å². The van der Waals surface area contributed by atoms with Crippen molar-refractivity contribution >= 4 is 17.9 Å². The molecule has 0 aromatic carbocycles. The van der Waals surface area contributed by atoms with E-state index in [1.165, 1.54) is 257 Å². The van der Waals surface area contributed by atoms with E-state index in [0.717, 1.165) is 64.2 Å². The lowest BCUT2D eigenvalue weighted by molar-refractivity contribution is -0.167. The Labute approximate surface area is 449 Å². The molecule has 72 heavy (non-hydrogen) atoms. The van der Waals surface area contributed by atoms with Crippen LogP contribution < -0.4 is 0 Å². The highest BCUT2D eigenvalue weighted by atomic mass is 16.6. The number of carbonyl (C=O) groups excluding carboxylic acids is 3. The van der Waals surface area contributed by atoms with Crippen molar-refractivity contribution in [1.82, 2.24) is 0 Å². The van der Waals surface area contributed by atoms with Crippen LogP contribution in [0, 0.1) is 0 Å². The molecule has 0 heterocycles. The molecule has 0 aliphatic rings. The smallest absolute Gasteiger partial charge is 0.306 e. The second-order valence-corrected chi connectivity index (χ2v) is 22.0. The van der Waals surface area contributed by atoms with Gasteiger partial charge in [0.15, 0.2) is 6.10 Å². The van der Waals surface area contributed by atoms with Gasteiger partial charge < -0.3 is 14.2 Å². The number of carbonyl (C=O) groups is 3. The van der Waals surface area contributed by atoms with Crippen molar-refractivity contribution in [1.29, 1.82) is 0 Å². The van der Waals surface area contributed by atoms with Crippen molar-refractivity contribution in [2.75, 3.05) is 13.2 Å². The van der Waals surface area contributed by atoms with Crippen LogP contribution in [-0.2, 0) is 28.6 Å². The van der Waals surface area contributed by atoms with E-state index in [9.17, 15) is 14.4 Å². The van der Waals surface area contributed by atoms with Crippen LogP contribution in [0.25, 0.3) is 0 Å². The third-order valence-electron chi connectivity index (χ3n) is 14.7. The van der Waals surface area contributed by atoms with Gasteiger partial charge in [-0.15, -0.1) is 0 Å². The Hall–Kier alpha value is -2.11. The maximum atomic E-state index is 12.9. The molecule has 0 amide bonds. The van der Waals surface area contributed by atoms with Crippen LogP contribution in [0.1, 0.15) is 361 Å². The predicted molar refractivity (Wildman–Crippen MR) is 312 cm³/mol. The zero-order chi connectivity index (χ0) is 52.2. The molecular weight excluding hydrogens is 889 g/mol. The first-order valence-electron chi connectivity index (χ1n) is 32.3. The van der Waals surface area contributed by atoms with Crippen LogP contribution in [0.2, 0.25) is 0 Å². The van der Waals surface area contributed by atoms with Crippen molar-refractivity contribution in [2.24, 2.45) is 0 Å². The molecule has 0 rings (SSSR count). The Kier molecular flexibility index (Phi) is 59.6. The minimum Gasteiger partial charge on any atom is -0.462 e. The fraction of sp³-hybridized carbons (Fsp3) is 0.894. The quantitative estimate of drug-likeness (QED) is 0.0261. The minimum atomic E-state index is -0.771. The zero-order valence-electron chi connectivity index (χ0n) is 48.7. The fourth-order valence-electron chi connectivity index (χ4n) is 9.79. The van der Waals surface area contributed by atoms with Gasteiger partial charge in [0.1, 0.15) is 13.2 Å². The van der Waals surface area contributed by atoms with Crippen LogP contribution in [0.15, 0.2) is 24.3 Å². The Morgan fingerprint density at radius 2 is 0.458 bits per heavy atom. The van der Waals surface area contributed by atoms with Gasteiger partial charge in [-0.25, -0.2) is 0 Å². The summed E-state index contributed by atoms with van der Waals surface area (Å²) in [4.78, 5) is 38.2. The Morgan fingerprint density at radius 3 is 0.694 bits per heavy atom. The van der Waals surface area contributed by atoms with Gasteiger partial charge in [0.05, 0.1) is 0 Å². The topological polar surface area (TPSA) is 78.9 Å². The predicted octanol–water partition coefficient (Wildman–Crippen LogP) is 21.8. The second-order valence-electron chi connectivity index (χ2n) is 22.0. The third-order valence-corrected chi connectivity index (χ3v) is 14.7. The minimum absolute atomic E-state index is 0.0693. The van der Waals surface area contributed by atoms with Gasteiger partial charge in [-0.05, 0) is 70.6 Å². The molecule has 0 fully saturated rings. The number of rotatable bonds is 60. The Morgan fingerprint density at radius 1 is 0.264 bits per heavy atom. The van der Waals surface area contributed by atoms with Crippen molar-refractivity contribution in [3.05, 3.63) is 24.3 Å². The van der Waals surface area contributed by atoms with Gasteiger partial charge in [-0.1, -0.05) is 295 Å². The molecule has 6 nitrogen and oxygen atoms in total. The highest BCUT2D eigenvalue weighted by Gasteiger charge is 2.19. The SMILES string of the molecule is CCCCCCCCC/C=C\CCCCCCCC(=O)OC(COC(=O)CCCCCCCCCCCCC)COC(=O)CCCCCCCCCCCCCCCCC/C=C\CCCCCCCCCC. The maximum Gasteiger partial charge on any atom is 0.306 e. The molecule has 0 aromatic heterocycles. The molecule has 6 heteroatoms. The highest BCUT2D eigenvalue weighted by Crippen LogP contribution is 2.17. The average Bonchev–Trinajstić information content (AvgIpc) is 3.38. The standard InChI is InChI=1S/C66H124O6/c1-4-7-10-13-16-19-22-24-26-28-29-30-31-32-33-34-35-36-37-38-40-41-44-47-50-53-56-59-65(68)71-62-63(61-70-64(67)58-55-52-49-46-43-21-18-15-12-9-6-3)72-66(69)60-57-54-51-48-45-42-39-27-25-23-20-17-14-11-8-5-2/h27-29,39,63H,4-26,30-38,40-62H2,1-3H3/b29-28-,39-27-. The van der Waals surface area contributed by atoms with E-state index in [1.807, 2.05) is 0 Å². The number of unbranched alkanes of at least 4 members (excludes halogenated alkanes) is 45. The van der Waals surface area contributed by atoms with Gasteiger partial charge in [-0.2, -0.15) is 0 Å². The molecule has 0 N–H and O–H groups in total. The lowest BCUT2D eigenvalue weighted by Crippen LogP contribution is -2.30. The van der Waals surface area contributed by atoms with E-state index < -0.39 is 6.10 Å². The highest BCUT2D eigenvalue weighted by molar-refractivity contribution is 5.71. The molecule has 0 radical (unpaired) electrons. The van der Waals surface area contributed by atoms with E-state index >= 15 is 0 Å². The molecule has 0 aliphatic carbocycles. The largest absolute Gasteiger partial charge is 0.462 e. The molecule has 0 spiro atoms. The molecule has 424 valence electrons. The molecule has 0 saturated heterocycles. The molecule has 0 aliphatic heterocycles. The van der Waals surface area contributed by atoms with Gasteiger partial charge in [0, 0.05) is 19.3 Å². The van der Waals surface area contributed by atoms with Crippen molar-refractivity contribution in [3.63, 3.8) is 0 Å². The Bertz CT molecular complexity index is 1160. The molecule has 0 aromatic rings. The van der Waals surface area contributed by atoms with E-state index in [-0.39, 0.29) is 31.1 Å². The first-order chi connectivity index (χ1) is 35.5. The Balaban J connectivity index is 4.16. The monoisotopic (exact) mass is 1010 g/mol. The van der Waals surface area contributed by atoms with Crippen LogP contribution >= 0.6 is 0 Å². The molecule has 0 bridgehead atoms. The summed E-state index contributed by atoms with van der Waals surface area (Å²) in [6.07, 6.45) is 73.4. The number of allylic oxidation sites excluding steroid dienone is 4. The lowest BCUT2D eigenvalue weighted by Gasteiger charge is -2.18. The first-order valence-corrected chi connectivity index (χ1v) is 32.3. The summed E-state index contributed by atoms with van der Waals surface area (Å²) in [5.41, 5.74) is 0. The molecule has 1 unspecified atom stereocenters. The lowest BCUT2D eigenvalue weighted by atomic mass is 10.0. The summed E-state index contributed by atoms with van der Waals surface area (Å²) in [5, 5.41) is 0. The number of esters is 3. The van der Waals surface area contributed by atoms with Gasteiger partial charge in [0.25, 0.3) is 0 Å². The number of hydrogen-bond donors (Lipinski definition) is 0. The average molecular weight is 1010 g/mol. The summed E-state index contributed by atoms with van der Waals surface area (Å²) in [6, 6.07) is 0. The summed E-state index contributed by atoms with van der Waals surface area (Å²) in [6.45, 7) is 6.68. The summed E-state index contributed by atoms with van der Waals surface area (Å²) < 4.78 is 16.9. The summed E-state index contributed by atoms with van der Waals surface area (Å²) in [5.74, 6) is -0.854. The normalized spacial score (nSPS) is 12.1. The van der Waals surface area contributed by atoms with Crippen molar-refractivity contribution in [2.45, 2.75) is 367 Å². The van der Waals surface area contributed by atoms with Gasteiger partial charge in [0.2, 0.25) is 0 Å². The molecule has 0 saturated carbocycles. The van der Waals surface area contributed by atoms with Crippen LogP contribution in [0.4, 0.5) is 0 Å². The summed E-state index contributed by atoms with van der Waals surface area (Å²) >= 11 is 0. The zero-order valence-corrected chi connectivity index (χ0v) is 48.7. The molecular formula is C66H124O6. The van der Waals surface area contributed by atoms with Gasteiger partial charge >= 0.3 is 17.9 Å². The van der Waals surface area contributed by atoms with E-state index in [4.69, 9.17) is 14.2 Å². The number of ether oxygens (including phenoxy) is 3.